The topological polar surface area (TPSA) is 82.9 Å². The molecule has 0 atom stereocenters. The van der Waals surface area contributed by atoms with E-state index in [4.69, 9.17) is 4.74 Å². The number of aryl methyl sites for hydroxylation is 1. The van der Waals surface area contributed by atoms with Gasteiger partial charge in [0.1, 0.15) is 18.1 Å². The molecule has 50 heavy (non-hydrogen) atoms. The Kier molecular flexibility index (Phi) is 11.7. The lowest BCUT2D eigenvalue weighted by Crippen LogP contribution is -2.45. The van der Waals surface area contributed by atoms with Crippen molar-refractivity contribution in [3.63, 3.8) is 0 Å². The zero-order valence-corrected chi connectivity index (χ0v) is 28.5. The highest BCUT2D eigenvalue weighted by atomic mass is 19.4. The second kappa shape index (κ2) is 16.1. The molecule has 2 saturated heterocycles. The molecule has 0 radical (unpaired) electrons. The summed E-state index contributed by atoms with van der Waals surface area (Å²) in [6.07, 6.45) is 3.24. The maximum absolute atomic E-state index is 14.2. The molecule has 0 spiro atoms. The second-order valence-corrected chi connectivity index (χ2v) is 12.8. The van der Waals surface area contributed by atoms with E-state index in [1.807, 2.05) is 61.2 Å². The van der Waals surface area contributed by atoms with Crippen LogP contribution in [0.4, 0.5) is 13.2 Å². The van der Waals surface area contributed by atoms with Gasteiger partial charge < -0.3 is 19.3 Å². The van der Waals surface area contributed by atoms with Crippen LogP contribution in [-0.4, -0.2) is 54.2 Å². The molecule has 2 aliphatic rings. The Hall–Kier alpha value is -5.04. The minimum absolute atomic E-state index is 0.0789. The first kappa shape index (κ1) is 36.2. The highest BCUT2D eigenvalue weighted by Crippen LogP contribution is 2.36. The van der Waals surface area contributed by atoms with Crippen LogP contribution in [0.25, 0.3) is 5.57 Å². The van der Waals surface area contributed by atoms with Crippen LogP contribution in [0.1, 0.15) is 67.7 Å². The molecule has 2 aliphatic heterocycles. The number of allylic oxidation sites excluding steroid dienone is 1. The number of hydrogen-bond donors (Lipinski definition) is 0. The third-order valence-electron chi connectivity index (χ3n) is 9.35. The molecule has 2 amide bonds. The number of amides is 2. The number of alkyl halides is 3. The van der Waals surface area contributed by atoms with E-state index < -0.39 is 11.8 Å². The summed E-state index contributed by atoms with van der Waals surface area (Å²) < 4.78 is 47.7. The first-order chi connectivity index (χ1) is 24.0. The number of likely N-dealkylation sites (tertiary alicyclic amines) is 2. The van der Waals surface area contributed by atoms with Crippen LogP contribution >= 0.6 is 0 Å². The molecule has 10 heteroatoms. The Balaban J connectivity index is 1.41. The standard InChI is InChI=1S/C40H42F3N3O4/c1-3-10-31(37(47)46-23-19-39(28-44,20-24-46)32-11-6-4-7-12-32)25-36(38(48)45-21-8-5-9-22-45)35-26-34(16-13-29(35)2)49-27-30-14-17-33(18-15-30)50-40(41,42)43/h4,6-7,10-18,25-26H,3,5,8-9,19-24,27H2,1-2H3/b31-10-,36-25+. The molecule has 0 aromatic heterocycles. The summed E-state index contributed by atoms with van der Waals surface area (Å²) in [6.45, 7) is 6.01. The number of carbonyl (C=O) groups excluding carboxylic acids is 2. The summed E-state index contributed by atoms with van der Waals surface area (Å²) in [7, 11) is 0. The van der Waals surface area contributed by atoms with Crippen LogP contribution in [0.5, 0.6) is 11.5 Å². The summed E-state index contributed by atoms with van der Waals surface area (Å²) >= 11 is 0. The normalized spacial score (nSPS) is 16.8. The first-order valence-corrected chi connectivity index (χ1v) is 17.1. The van der Waals surface area contributed by atoms with Gasteiger partial charge in [0, 0.05) is 37.3 Å². The number of ether oxygens (including phenoxy) is 2. The van der Waals surface area contributed by atoms with Crippen molar-refractivity contribution in [1.29, 1.82) is 5.26 Å². The lowest BCUT2D eigenvalue weighted by atomic mass is 9.74. The van der Waals surface area contributed by atoms with E-state index in [9.17, 15) is 28.0 Å². The van der Waals surface area contributed by atoms with Crippen LogP contribution < -0.4 is 9.47 Å². The summed E-state index contributed by atoms with van der Waals surface area (Å²) in [5.41, 5.74) is 3.20. The summed E-state index contributed by atoms with van der Waals surface area (Å²) in [4.78, 5) is 32.0. The van der Waals surface area contributed by atoms with Crippen molar-refractivity contribution in [2.45, 2.75) is 70.8 Å². The number of rotatable bonds is 10. The molecular weight excluding hydrogens is 643 g/mol. The van der Waals surface area contributed by atoms with Gasteiger partial charge in [-0.2, -0.15) is 5.26 Å². The predicted octanol–water partition coefficient (Wildman–Crippen LogP) is 8.29. The van der Waals surface area contributed by atoms with Crippen LogP contribution in [0, 0.1) is 18.3 Å². The zero-order valence-electron chi connectivity index (χ0n) is 28.5. The lowest BCUT2D eigenvalue weighted by molar-refractivity contribution is -0.274. The highest BCUT2D eigenvalue weighted by molar-refractivity contribution is 6.21. The largest absolute Gasteiger partial charge is 0.573 e. The summed E-state index contributed by atoms with van der Waals surface area (Å²) in [6, 6.07) is 23.1. The van der Waals surface area contributed by atoms with E-state index in [0.717, 1.165) is 30.4 Å². The van der Waals surface area contributed by atoms with Gasteiger partial charge in [-0.1, -0.05) is 61.5 Å². The second-order valence-electron chi connectivity index (χ2n) is 12.8. The van der Waals surface area contributed by atoms with Crippen LogP contribution in [0.2, 0.25) is 0 Å². The number of carbonyl (C=O) groups is 2. The van der Waals surface area contributed by atoms with E-state index >= 15 is 0 Å². The Morgan fingerprint density at radius 2 is 1.52 bits per heavy atom. The lowest BCUT2D eigenvalue weighted by Gasteiger charge is -2.38. The molecule has 3 aromatic rings. The van der Waals surface area contributed by atoms with Crippen molar-refractivity contribution >= 4 is 17.4 Å². The molecule has 0 bridgehead atoms. The van der Waals surface area contributed by atoms with Crippen molar-refractivity contribution in [3.8, 4) is 17.6 Å². The van der Waals surface area contributed by atoms with Crippen LogP contribution in [0.3, 0.4) is 0 Å². The summed E-state index contributed by atoms with van der Waals surface area (Å²) in [5, 5.41) is 10.2. The average Bonchev–Trinajstić information content (AvgIpc) is 3.13. The molecule has 5 rings (SSSR count). The minimum Gasteiger partial charge on any atom is -0.489 e. The Morgan fingerprint density at radius 3 is 2.14 bits per heavy atom. The fourth-order valence-electron chi connectivity index (χ4n) is 6.54. The van der Waals surface area contributed by atoms with Crippen molar-refractivity contribution in [3.05, 3.63) is 113 Å². The maximum Gasteiger partial charge on any atom is 0.573 e. The molecule has 2 heterocycles. The van der Waals surface area contributed by atoms with E-state index in [1.54, 1.807) is 23.1 Å². The number of hydrogen-bond acceptors (Lipinski definition) is 5. The molecule has 0 N–H and O–H groups in total. The fourth-order valence-corrected chi connectivity index (χ4v) is 6.54. The number of nitriles is 1. The average molecular weight is 686 g/mol. The van der Waals surface area contributed by atoms with Gasteiger partial charge in [-0.3, -0.25) is 9.59 Å². The molecule has 2 fully saturated rings. The van der Waals surface area contributed by atoms with Gasteiger partial charge in [0.05, 0.1) is 11.5 Å². The van der Waals surface area contributed by atoms with E-state index in [2.05, 4.69) is 10.8 Å². The molecule has 0 saturated carbocycles. The van der Waals surface area contributed by atoms with Crippen LogP contribution in [-0.2, 0) is 21.6 Å². The Bertz CT molecular complexity index is 1750. The quantitative estimate of drug-likeness (QED) is 0.159. The van der Waals surface area contributed by atoms with Gasteiger partial charge in [-0.15, -0.1) is 13.2 Å². The summed E-state index contributed by atoms with van der Waals surface area (Å²) in [5.74, 6) is -0.194. The van der Waals surface area contributed by atoms with E-state index in [1.165, 1.54) is 24.3 Å². The molecular formula is C40H42F3N3O4. The van der Waals surface area contributed by atoms with Crippen LogP contribution in [0.15, 0.2) is 90.5 Å². The van der Waals surface area contributed by atoms with Gasteiger partial charge in [-0.25, -0.2) is 0 Å². The SMILES string of the molecule is CC/C=C(/C=C(/C(=O)N1CCCCC1)c1cc(OCc2ccc(OC(F)(F)F)cc2)ccc1C)C(=O)N1CCC(C#N)(c2ccccc2)CC1. The third kappa shape index (κ3) is 8.94. The maximum atomic E-state index is 14.2. The minimum atomic E-state index is -4.77. The number of nitrogens with zero attached hydrogens (tertiary/aromatic N) is 3. The number of benzene rings is 3. The molecule has 0 aliphatic carbocycles. The Morgan fingerprint density at radius 1 is 0.880 bits per heavy atom. The van der Waals surface area contributed by atoms with Gasteiger partial charge in [-0.05, 0) is 98.0 Å². The van der Waals surface area contributed by atoms with Crippen molar-refractivity contribution in [2.75, 3.05) is 26.2 Å². The molecule has 7 nitrogen and oxygen atoms in total. The number of halogens is 3. The first-order valence-electron chi connectivity index (χ1n) is 17.1. The molecule has 3 aromatic carbocycles. The fraction of sp³-hybridized carbons (Fsp3) is 0.375. The third-order valence-corrected chi connectivity index (χ3v) is 9.35. The Labute approximate surface area is 291 Å². The smallest absolute Gasteiger partial charge is 0.489 e. The van der Waals surface area contributed by atoms with E-state index in [0.29, 0.717) is 73.5 Å². The highest BCUT2D eigenvalue weighted by Gasteiger charge is 2.38. The van der Waals surface area contributed by atoms with Crippen molar-refractivity contribution in [2.24, 2.45) is 0 Å². The van der Waals surface area contributed by atoms with Gasteiger partial charge in [0.25, 0.3) is 11.8 Å². The van der Waals surface area contributed by atoms with Gasteiger partial charge in [0.2, 0.25) is 0 Å². The predicted molar refractivity (Wildman–Crippen MR) is 185 cm³/mol. The zero-order chi connectivity index (χ0) is 35.7. The molecule has 0 unspecified atom stereocenters. The van der Waals surface area contributed by atoms with Gasteiger partial charge >= 0.3 is 6.36 Å². The number of piperidine rings is 2. The van der Waals surface area contributed by atoms with Crippen molar-refractivity contribution < 1.29 is 32.2 Å². The molecule has 262 valence electrons. The van der Waals surface area contributed by atoms with E-state index in [-0.39, 0.29) is 24.2 Å². The van der Waals surface area contributed by atoms with Gasteiger partial charge in [0.15, 0.2) is 0 Å². The monoisotopic (exact) mass is 685 g/mol. The van der Waals surface area contributed by atoms with Crippen molar-refractivity contribution in [1.82, 2.24) is 9.80 Å².